The number of hydrogen-bond acceptors (Lipinski definition) is 6. The average Bonchev–Trinajstić information content (AvgIpc) is 3.29. The van der Waals surface area contributed by atoms with Gasteiger partial charge in [0.05, 0.1) is 30.1 Å². The van der Waals surface area contributed by atoms with Crippen molar-refractivity contribution in [3.05, 3.63) is 10.7 Å². The van der Waals surface area contributed by atoms with Gasteiger partial charge in [-0.05, 0) is 41.6 Å². The summed E-state index contributed by atoms with van der Waals surface area (Å²) in [5, 5.41) is 4.60. The van der Waals surface area contributed by atoms with Crippen LogP contribution in [0.5, 0.6) is 0 Å². The smallest absolute Gasteiger partial charge is 0.154 e. The molecule has 4 aliphatic heterocycles. The van der Waals surface area contributed by atoms with Gasteiger partial charge < -0.3 is 19.3 Å². The minimum Gasteiger partial charge on any atom is -0.371 e. The SMILES string of the molecule is Cn1nc(Br)c2nc(N3CC4CCC(C3)O4)cc(N3CC4CCC(C3)O4)c21. The van der Waals surface area contributed by atoms with Crippen LogP contribution in [-0.2, 0) is 16.5 Å². The fourth-order valence-electron chi connectivity index (χ4n) is 5.22. The van der Waals surface area contributed by atoms with Crippen molar-refractivity contribution in [1.29, 1.82) is 0 Å². The van der Waals surface area contributed by atoms with Crippen LogP contribution in [0.1, 0.15) is 25.7 Å². The van der Waals surface area contributed by atoms with Gasteiger partial charge in [0.2, 0.25) is 0 Å². The van der Waals surface area contributed by atoms with Gasteiger partial charge in [-0.25, -0.2) is 4.98 Å². The second kappa shape index (κ2) is 6.06. The van der Waals surface area contributed by atoms with Gasteiger partial charge in [0.15, 0.2) is 4.60 Å². The zero-order chi connectivity index (χ0) is 18.1. The summed E-state index contributed by atoms with van der Waals surface area (Å²) < 4.78 is 14.9. The number of ether oxygens (including phenoxy) is 2. The van der Waals surface area contributed by atoms with Crippen LogP contribution in [0.4, 0.5) is 11.5 Å². The Morgan fingerprint density at radius 1 is 0.926 bits per heavy atom. The molecule has 0 radical (unpaired) electrons. The predicted octanol–water partition coefficient (Wildman–Crippen LogP) is 2.47. The summed E-state index contributed by atoms with van der Waals surface area (Å²) >= 11 is 3.63. The third-order valence-electron chi connectivity index (χ3n) is 6.47. The van der Waals surface area contributed by atoms with Crippen molar-refractivity contribution in [3.8, 4) is 0 Å². The van der Waals surface area contributed by atoms with Crippen LogP contribution >= 0.6 is 15.9 Å². The lowest BCUT2D eigenvalue weighted by Gasteiger charge is -2.36. The van der Waals surface area contributed by atoms with Crippen LogP contribution in [0.3, 0.4) is 0 Å². The number of rotatable bonds is 2. The van der Waals surface area contributed by atoms with Crippen molar-refractivity contribution in [2.75, 3.05) is 36.0 Å². The summed E-state index contributed by atoms with van der Waals surface area (Å²) in [4.78, 5) is 9.90. The number of aryl methyl sites for hydroxylation is 1. The molecule has 0 aromatic carbocycles. The Kier molecular flexibility index (Phi) is 3.72. The van der Waals surface area contributed by atoms with E-state index in [1.807, 2.05) is 11.7 Å². The lowest BCUT2D eigenvalue weighted by atomic mass is 10.2. The number of aromatic nitrogens is 3. The normalized spacial score (nSPS) is 32.7. The van der Waals surface area contributed by atoms with E-state index in [-0.39, 0.29) is 0 Å². The Morgan fingerprint density at radius 2 is 1.48 bits per heavy atom. The molecule has 0 N–H and O–H groups in total. The van der Waals surface area contributed by atoms with Gasteiger partial charge in [-0.2, -0.15) is 5.10 Å². The van der Waals surface area contributed by atoms with E-state index < -0.39 is 0 Å². The van der Waals surface area contributed by atoms with E-state index in [4.69, 9.17) is 14.5 Å². The third-order valence-corrected chi connectivity index (χ3v) is 7.00. The minimum absolute atomic E-state index is 0.348. The molecule has 4 atom stereocenters. The number of halogens is 1. The van der Waals surface area contributed by atoms with Crippen molar-refractivity contribution in [3.63, 3.8) is 0 Å². The highest BCUT2D eigenvalue weighted by Crippen LogP contribution is 2.38. The number of hydrogen-bond donors (Lipinski definition) is 0. The van der Waals surface area contributed by atoms with Crippen LogP contribution in [0, 0.1) is 0 Å². The lowest BCUT2D eigenvalue weighted by Crippen LogP contribution is -2.44. The molecule has 27 heavy (non-hydrogen) atoms. The molecule has 7 nitrogen and oxygen atoms in total. The average molecular weight is 434 g/mol. The Balaban J connectivity index is 1.45. The van der Waals surface area contributed by atoms with Crippen molar-refractivity contribution in [1.82, 2.24) is 14.8 Å². The van der Waals surface area contributed by atoms with E-state index in [0.29, 0.717) is 24.4 Å². The fraction of sp³-hybridized carbons (Fsp3) is 0.684. The van der Waals surface area contributed by atoms with Crippen molar-refractivity contribution >= 4 is 38.5 Å². The molecule has 0 saturated carbocycles. The van der Waals surface area contributed by atoms with Gasteiger partial charge in [0, 0.05) is 39.3 Å². The lowest BCUT2D eigenvalue weighted by molar-refractivity contribution is 0.0301. The highest BCUT2D eigenvalue weighted by Gasteiger charge is 2.37. The molecule has 8 heteroatoms. The van der Waals surface area contributed by atoms with E-state index in [0.717, 1.165) is 47.6 Å². The van der Waals surface area contributed by atoms with Gasteiger partial charge in [0.25, 0.3) is 0 Å². The molecule has 2 aromatic rings. The topological polar surface area (TPSA) is 55.7 Å². The third kappa shape index (κ3) is 2.68. The molecule has 4 aliphatic rings. The number of anilines is 2. The van der Waals surface area contributed by atoms with Gasteiger partial charge >= 0.3 is 0 Å². The summed E-state index contributed by atoms with van der Waals surface area (Å²) in [7, 11) is 2.00. The Hall–Kier alpha value is -1.38. The largest absolute Gasteiger partial charge is 0.371 e. The van der Waals surface area contributed by atoms with E-state index in [2.05, 4.69) is 36.9 Å². The number of fused-ring (bicyclic) bond motifs is 5. The molecule has 6 rings (SSSR count). The second-order valence-electron chi connectivity index (χ2n) is 8.34. The quantitative estimate of drug-likeness (QED) is 0.724. The predicted molar refractivity (Wildman–Crippen MR) is 106 cm³/mol. The van der Waals surface area contributed by atoms with Crippen molar-refractivity contribution in [2.24, 2.45) is 7.05 Å². The molecule has 144 valence electrons. The first kappa shape index (κ1) is 16.6. The standard InChI is InChI=1S/C19H24BrN5O2/c1-23-18-15(24-7-11-2-3-12(8-24)26-11)6-16(21-17(18)19(20)22-23)25-9-13-4-5-14(10-25)27-13/h6,11-14H,2-5,7-10H2,1H3. The Morgan fingerprint density at radius 3 is 2.07 bits per heavy atom. The van der Waals surface area contributed by atoms with Gasteiger partial charge in [-0.15, -0.1) is 0 Å². The molecule has 4 bridgehead atoms. The van der Waals surface area contributed by atoms with Crippen LogP contribution < -0.4 is 9.80 Å². The van der Waals surface area contributed by atoms with E-state index >= 15 is 0 Å². The minimum atomic E-state index is 0.348. The molecule has 0 amide bonds. The summed E-state index contributed by atoms with van der Waals surface area (Å²) in [5.74, 6) is 1.05. The maximum atomic E-state index is 6.06. The first-order valence-electron chi connectivity index (χ1n) is 9.98. The number of morpholine rings is 2. The molecule has 6 heterocycles. The molecular formula is C19H24BrN5O2. The molecular weight excluding hydrogens is 410 g/mol. The van der Waals surface area contributed by atoms with E-state index in [1.54, 1.807) is 0 Å². The van der Waals surface area contributed by atoms with Crippen LogP contribution in [0.15, 0.2) is 10.7 Å². The number of pyridine rings is 1. The first-order valence-corrected chi connectivity index (χ1v) is 10.8. The van der Waals surface area contributed by atoms with Gasteiger partial charge in [-0.3, -0.25) is 4.68 Å². The summed E-state index contributed by atoms with van der Waals surface area (Å²) in [6, 6.07) is 2.27. The first-order chi connectivity index (χ1) is 13.1. The monoisotopic (exact) mass is 433 g/mol. The Labute approximate surface area is 166 Å². The van der Waals surface area contributed by atoms with E-state index in [9.17, 15) is 0 Å². The zero-order valence-electron chi connectivity index (χ0n) is 15.5. The Bertz CT molecular complexity index is 878. The zero-order valence-corrected chi connectivity index (χ0v) is 17.1. The molecule has 2 aromatic heterocycles. The van der Waals surface area contributed by atoms with Gasteiger partial charge in [0.1, 0.15) is 16.9 Å². The van der Waals surface area contributed by atoms with E-state index in [1.165, 1.54) is 31.4 Å². The van der Waals surface area contributed by atoms with Crippen molar-refractivity contribution in [2.45, 2.75) is 50.1 Å². The molecule has 0 spiro atoms. The summed E-state index contributed by atoms with van der Waals surface area (Å²) in [5.41, 5.74) is 3.28. The second-order valence-corrected chi connectivity index (χ2v) is 9.09. The maximum absolute atomic E-state index is 6.06. The molecule has 4 fully saturated rings. The maximum Gasteiger partial charge on any atom is 0.154 e. The summed E-state index contributed by atoms with van der Waals surface area (Å²) in [6.07, 6.45) is 6.08. The van der Waals surface area contributed by atoms with Crippen LogP contribution in [-0.4, -0.2) is 65.4 Å². The van der Waals surface area contributed by atoms with Gasteiger partial charge in [-0.1, -0.05) is 0 Å². The van der Waals surface area contributed by atoms with Crippen LogP contribution in [0.2, 0.25) is 0 Å². The molecule has 4 unspecified atom stereocenters. The fourth-order valence-corrected chi connectivity index (χ4v) is 5.73. The highest BCUT2D eigenvalue weighted by atomic mass is 79.9. The molecule has 4 saturated heterocycles. The summed E-state index contributed by atoms with van der Waals surface area (Å²) in [6.45, 7) is 3.76. The van der Waals surface area contributed by atoms with Crippen LogP contribution in [0.25, 0.3) is 11.0 Å². The number of nitrogens with zero attached hydrogens (tertiary/aromatic N) is 5. The highest BCUT2D eigenvalue weighted by molar-refractivity contribution is 9.10. The van der Waals surface area contributed by atoms with Crippen molar-refractivity contribution < 1.29 is 9.47 Å². The molecule has 0 aliphatic carbocycles.